The first-order valence-corrected chi connectivity index (χ1v) is 4.51. The molecule has 4 nitrogen and oxygen atoms in total. The predicted molar refractivity (Wildman–Crippen MR) is 55.9 cm³/mol. The Morgan fingerprint density at radius 1 is 1.36 bits per heavy atom. The van der Waals surface area contributed by atoms with Gasteiger partial charge in [-0.3, -0.25) is 9.59 Å². The standard InChI is InChI=1S/C9H16O4.Mg.2H/c1-3-5-7(4-2)13-9(12)6-8(10)11;;;/h7H,3-6H2,1-2H3,(H,10,11);;;. The van der Waals surface area contributed by atoms with Crippen molar-refractivity contribution in [1.82, 2.24) is 0 Å². The molecule has 0 aromatic carbocycles. The summed E-state index contributed by atoms with van der Waals surface area (Å²) in [4.78, 5) is 21.0. The molecule has 5 heteroatoms. The van der Waals surface area contributed by atoms with Crippen molar-refractivity contribution < 1.29 is 19.4 Å². The number of hydrogen-bond donors (Lipinski definition) is 1. The third kappa shape index (κ3) is 8.31. The normalized spacial score (nSPS) is 11.3. The Balaban J connectivity index is 0. The van der Waals surface area contributed by atoms with Crippen LogP contribution < -0.4 is 0 Å². The van der Waals surface area contributed by atoms with Crippen LogP contribution in [0.15, 0.2) is 0 Å². The number of aliphatic carboxylic acids is 1. The number of carboxylic acids is 1. The van der Waals surface area contributed by atoms with Crippen LogP contribution in [0.2, 0.25) is 0 Å². The van der Waals surface area contributed by atoms with E-state index in [0.29, 0.717) is 0 Å². The molecular weight excluding hydrogens is 196 g/mol. The maximum absolute atomic E-state index is 10.9. The van der Waals surface area contributed by atoms with Gasteiger partial charge in [0, 0.05) is 0 Å². The first kappa shape index (κ1) is 16.1. The highest BCUT2D eigenvalue weighted by molar-refractivity contribution is 5.90. The monoisotopic (exact) mass is 214 g/mol. The molecule has 0 amide bonds. The Hall–Kier alpha value is -0.294. The third-order valence-electron chi connectivity index (χ3n) is 1.66. The smallest absolute Gasteiger partial charge is 0.317 e. The fourth-order valence-electron chi connectivity index (χ4n) is 1.02. The molecule has 0 aliphatic heterocycles. The molecule has 1 N–H and O–H groups in total. The molecule has 80 valence electrons. The average molecular weight is 215 g/mol. The number of esters is 1. The van der Waals surface area contributed by atoms with E-state index in [4.69, 9.17) is 9.84 Å². The molecule has 0 fully saturated rings. The van der Waals surface area contributed by atoms with Crippen molar-refractivity contribution in [3.63, 3.8) is 0 Å². The Labute approximate surface area is 100 Å². The average Bonchev–Trinajstić information content (AvgIpc) is 2.02. The lowest BCUT2D eigenvalue weighted by molar-refractivity contribution is -0.155. The van der Waals surface area contributed by atoms with E-state index in [-0.39, 0.29) is 29.2 Å². The minimum atomic E-state index is -1.14. The summed E-state index contributed by atoms with van der Waals surface area (Å²) in [5.41, 5.74) is 0. The summed E-state index contributed by atoms with van der Waals surface area (Å²) in [6.07, 6.45) is 1.79. The van der Waals surface area contributed by atoms with Gasteiger partial charge in [0.2, 0.25) is 0 Å². The van der Waals surface area contributed by atoms with Gasteiger partial charge in [-0.15, -0.1) is 0 Å². The zero-order chi connectivity index (χ0) is 10.3. The molecule has 0 rings (SSSR count). The molecule has 0 spiro atoms. The van der Waals surface area contributed by atoms with Gasteiger partial charge in [-0.05, 0) is 12.8 Å². The van der Waals surface area contributed by atoms with Gasteiger partial charge in [0.25, 0.3) is 0 Å². The van der Waals surface area contributed by atoms with Crippen LogP contribution >= 0.6 is 0 Å². The third-order valence-corrected chi connectivity index (χ3v) is 1.66. The van der Waals surface area contributed by atoms with Gasteiger partial charge in [-0.1, -0.05) is 20.3 Å². The zero-order valence-corrected chi connectivity index (χ0v) is 8.08. The number of carbonyl (C=O) groups is 2. The topological polar surface area (TPSA) is 63.6 Å². The van der Waals surface area contributed by atoms with Crippen molar-refractivity contribution in [3.05, 3.63) is 0 Å². The summed E-state index contributed by atoms with van der Waals surface area (Å²) < 4.78 is 4.93. The largest absolute Gasteiger partial charge is 0.481 e. The van der Waals surface area contributed by atoms with E-state index in [2.05, 4.69) is 0 Å². The molecule has 14 heavy (non-hydrogen) atoms. The van der Waals surface area contributed by atoms with E-state index in [1.807, 2.05) is 13.8 Å². The minimum absolute atomic E-state index is 0. The van der Waals surface area contributed by atoms with Crippen molar-refractivity contribution in [3.8, 4) is 0 Å². The SMILES string of the molecule is CCCC(CC)OC(=O)CC(=O)O.[MgH2]. The lowest BCUT2D eigenvalue weighted by atomic mass is 10.1. The van der Waals surface area contributed by atoms with Crippen LogP contribution in [-0.2, 0) is 14.3 Å². The first-order chi connectivity index (χ1) is 6.10. The molecule has 0 aromatic rings. The van der Waals surface area contributed by atoms with Crippen molar-refractivity contribution in [2.24, 2.45) is 0 Å². The molecule has 1 atom stereocenters. The number of carboxylic acid groups (broad SMARTS) is 1. The fraction of sp³-hybridized carbons (Fsp3) is 0.778. The van der Waals surface area contributed by atoms with Crippen LogP contribution in [0.4, 0.5) is 0 Å². The van der Waals surface area contributed by atoms with Gasteiger partial charge >= 0.3 is 35.0 Å². The maximum Gasteiger partial charge on any atom is 0.317 e. The summed E-state index contributed by atoms with van der Waals surface area (Å²) in [5, 5.41) is 8.30. The lowest BCUT2D eigenvalue weighted by Crippen LogP contribution is -2.19. The molecule has 0 aliphatic carbocycles. The highest BCUT2D eigenvalue weighted by Gasteiger charge is 2.14. The van der Waals surface area contributed by atoms with Crippen LogP contribution in [0, 0.1) is 0 Å². The van der Waals surface area contributed by atoms with Gasteiger partial charge in [0.15, 0.2) is 0 Å². The van der Waals surface area contributed by atoms with Gasteiger partial charge in [-0.2, -0.15) is 0 Å². The van der Waals surface area contributed by atoms with Crippen LogP contribution in [0.3, 0.4) is 0 Å². The molecule has 0 saturated heterocycles. The Morgan fingerprint density at radius 3 is 2.29 bits per heavy atom. The van der Waals surface area contributed by atoms with Crippen LogP contribution in [0.25, 0.3) is 0 Å². The summed E-state index contributed by atoms with van der Waals surface area (Å²) in [6, 6.07) is 0. The van der Waals surface area contributed by atoms with E-state index in [0.717, 1.165) is 19.3 Å². The van der Waals surface area contributed by atoms with Gasteiger partial charge in [0.05, 0.1) is 0 Å². The molecule has 0 aliphatic rings. The summed E-state index contributed by atoms with van der Waals surface area (Å²) in [5.74, 6) is -1.79. The second-order valence-electron chi connectivity index (χ2n) is 2.88. The first-order valence-electron chi connectivity index (χ1n) is 4.51. The molecule has 1 unspecified atom stereocenters. The minimum Gasteiger partial charge on any atom is -0.481 e. The van der Waals surface area contributed by atoms with E-state index in [9.17, 15) is 9.59 Å². The van der Waals surface area contributed by atoms with E-state index in [1.165, 1.54) is 0 Å². The number of rotatable bonds is 6. The summed E-state index contributed by atoms with van der Waals surface area (Å²) >= 11 is 0. The second kappa shape index (κ2) is 9.27. The van der Waals surface area contributed by atoms with Crippen molar-refractivity contribution >= 4 is 35.0 Å². The molecule has 0 radical (unpaired) electrons. The number of ether oxygens (including phenoxy) is 1. The summed E-state index contributed by atoms with van der Waals surface area (Å²) in [7, 11) is 0. The van der Waals surface area contributed by atoms with E-state index in [1.54, 1.807) is 0 Å². The van der Waals surface area contributed by atoms with Gasteiger partial charge in [-0.25, -0.2) is 0 Å². The molecule has 0 aromatic heterocycles. The molecule has 0 heterocycles. The van der Waals surface area contributed by atoms with Gasteiger partial charge in [0.1, 0.15) is 12.5 Å². The van der Waals surface area contributed by atoms with Gasteiger partial charge < -0.3 is 9.84 Å². The molecule has 0 saturated carbocycles. The lowest BCUT2D eigenvalue weighted by Gasteiger charge is -2.14. The van der Waals surface area contributed by atoms with E-state index >= 15 is 0 Å². The molecular formula is C9H18MgO4. The highest BCUT2D eigenvalue weighted by Crippen LogP contribution is 2.07. The van der Waals surface area contributed by atoms with Crippen molar-refractivity contribution in [1.29, 1.82) is 0 Å². The number of carbonyl (C=O) groups excluding carboxylic acids is 1. The zero-order valence-electron chi connectivity index (χ0n) is 8.08. The highest BCUT2D eigenvalue weighted by atomic mass is 24.3. The fourth-order valence-corrected chi connectivity index (χ4v) is 1.02. The quantitative estimate of drug-likeness (QED) is 0.401. The number of hydrogen-bond acceptors (Lipinski definition) is 3. The van der Waals surface area contributed by atoms with E-state index < -0.39 is 18.4 Å². The van der Waals surface area contributed by atoms with Crippen LogP contribution in [0.5, 0.6) is 0 Å². The van der Waals surface area contributed by atoms with Crippen molar-refractivity contribution in [2.75, 3.05) is 0 Å². The van der Waals surface area contributed by atoms with Crippen molar-refractivity contribution in [2.45, 2.75) is 45.6 Å². The Kier molecular flexibility index (Phi) is 10.7. The Morgan fingerprint density at radius 2 is 1.93 bits per heavy atom. The maximum atomic E-state index is 10.9. The summed E-state index contributed by atoms with van der Waals surface area (Å²) in [6.45, 7) is 3.90. The van der Waals surface area contributed by atoms with Crippen LogP contribution in [0.1, 0.15) is 39.5 Å². The molecule has 0 bridgehead atoms. The Bertz CT molecular complexity index is 182. The van der Waals surface area contributed by atoms with Crippen LogP contribution in [-0.4, -0.2) is 46.2 Å². The predicted octanol–water partition coefficient (Wildman–Crippen LogP) is 0.667. The second-order valence-corrected chi connectivity index (χ2v) is 2.88.